The summed E-state index contributed by atoms with van der Waals surface area (Å²) in [4.78, 5) is 0. The predicted octanol–water partition coefficient (Wildman–Crippen LogP) is 8.73. The third-order valence-corrected chi connectivity index (χ3v) is 10.1. The van der Waals surface area contributed by atoms with Crippen molar-refractivity contribution in [2.75, 3.05) is 0 Å². The molecule has 31 heavy (non-hydrogen) atoms. The van der Waals surface area contributed by atoms with Gasteiger partial charge in [-0.1, -0.05) is 0 Å². The van der Waals surface area contributed by atoms with Gasteiger partial charge in [-0.15, -0.1) is 24.8 Å². The monoisotopic (exact) mass is 528 g/mol. The van der Waals surface area contributed by atoms with Crippen molar-refractivity contribution in [3.63, 3.8) is 0 Å². The Bertz CT molecular complexity index is 876. The van der Waals surface area contributed by atoms with E-state index in [4.69, 9.17) is 0 Å². The second-order valence-electron chi connectivity index (χ2n) is 7.95. The zero-order valence-corrected chi connectivity index (χ0v) is 22.5. The molecule has 0 radical (unpaired) electrons. The average molecular weight is 531 g/mol. The Kier molecular flexibility index (Phi) is 10.8. The van der Waals surface area contributed by atoms with Crippen LogP contribution in [0.5, 0.6) is 0 Å². The molecule has 0 spiro atoms. The standard InChI is InChI=1S/2C14H15.2ClH.Zr/c2*1-2-14(13-10-6-7-11-13)12-8-4-3-5-9-12;;;/h2*3-6,8-10,14H,2,7H2,1H3;2*1H;. The number of halogens is 2. The Morgan fingerprint density at radius 2 is 1.03 bits per heavy atom. The van der Waals surface area contributed by atoms with Crippen molar-refractivity contribution >= 4 is 24.8 Å². The van der Waals surface area contributed by atoms with Crippen LogP contribution in [0.15, 0.2) is 103 Å². The van der Waals surface area contributed by atoms with Crippen molar-refractivity contribution in [2.45, 2.75) is 51.4 Å². The molecule has 4 rings (SSSR count). The van der Waals surface area contributed by atoms with E-state index in [1.807, 2.05) is 0 Å². The van der Waals surface area contributed by atoms with Gasteiger partial charge in [-0.3, -0.25) is 0 Å². The summed E-state index contributed by atoms with van der Waals surface area (Å²) in [5.41, 5.74) is 6.22. The molecule has 0 aliphatic heterocycles. The summed E-state index contributed by atoms with van der Waals surface area (Å²) >= 11 is -0.754. The molecule has 2 aliphatic rings. The van der Waals surface area contributed by atoms with Crippen molar-refractivity contribution in [1.29, 1.82) is 0 Å². The zero-order valence-electron chi connectivity index (χ0n) is 18.4. The Labute approximate surface area is 212 Å². The summed E-state index contributed by atoms with van der Waals surface area (Å²) in [5, 5.41) is 0. The summed E-state index contributed by atoms with van der Waals surface area (Å²) in [5.74, 6) is 1.11. The molecule has 2 atom stereocenters. The smallest absolute Gasteiger partial charge is 0.147 e. The fraction of sp³-hybridized carbons (Fsp3) is 0.286. The SMILES string of the molecule is CCC(C1=[C]([Zr][C]2=C(C(CC)c3ccccc3)C=CC2)CC=C1)c1ccccc1.Cl.Cl. The van der Waals surface area contributed by atoms with Crippen molar-refractivity contribution in [3.8, 4) is 0 Å². The number of hydrogen-bond acceptors (Lipinski definition) is 0. The zero-order chi connectivity index (χ0) is 20.1. The van der Waals surface area contributed by atoms with Crippen LogP contribution in [0, 0.1) is 0 Å². The fourth-order valence-corrected chi connectivity index (χ4v) is 8.72. The number of benzene rings is 2. The fourth-order valence-electron chi connectivity index (χ4n) is 4.77. The van der Waals surface area contributed by atoms with Gasteiger partial charge in [0.1, 0.15) is 0 Å². The second kappa shape index (κ2) is 12.8. The van der Waals surface area contributed by atoms with Crippen LogP contribution in [0.2, 0.25) is 0 Å². The van der Waals surface area contributed by atoms with Crippen LogP contribution in [-0.4, -0.2) is 0 Å². The quantitative estimate of drug-likeness (QED) is 0.320. The van der Waals surface area contributed by atoms with Gasteiger partial charge in [-0.25, -0.2) is 0 Å². The maximum atomic E-state index is 2.44. The first-order valence-corrected chi connectivity index (χ1v) is 13.4. The summed E-state index contributed by atoms with van der Waals surface area (Å²) in [7, 11) is 0. The van der Waals surface area contributed by atoms with E-state index in [1.54, 1.807) is 17.7 Å². The topological polar surface area (TPSA) is 0 Å². The molecule has 0 fully saturated rings. The van der Waals surface area contributed by atoms with Gasteiger partial charge in [-0.05, 0) is 0 Å². The third kappa shape index (κ3) is 6.01. The van der Waals surface area contributed by atoms with Crippen LogP contribution < -0.4 is 0 Å². The van der Waals surface area contributed by atoms with Crippen LogP contribution in [-0.2, 0) is 23.2 Å². The molecule has 0 bridgehead atoms. The number of hydrogen-bond donors (Lipinski definition) is 0. The molecule has 0 aromatic heterocycles. The molecule has 2 aliphatic carbocycles. The number of rotatable bonds is 8. The average Bonchev–Trinajstić information content (AvgIpc) is 3.42. The van der Waals surface area contributed by atoms with Crippen LogP contribution in [0.4, 0.5) is 0 Å². The molecule has 0 saturated carbocycles. The summed E-state index contributed by atoms with van der Waals surface area (Å²) in [6.07, 6.45) is 14.4. The van der Waals surface area contributed by atoms with Gasteiger partial charge < -0.3 is 0 Å². The van der Waals surface area contributed by atoms with Crippen LogP contribution in [0.3, 0.4) is 0 Å². The second-order valence-corrected chi connectivity index (χ2v) is 11.5. The summed E-state index contributed by atoms with van der Waals surface area (Å²) in [6.45, 7) is 4.67. The van der Waals surface area contributed by atoms with E-state index in [1.165, 1.54) is 36.8 Å². The molecule has 2 unspecified atom stereocenters. The minimum absolute atomic E-state index is 0. The third-order valence-electron chi connectivity index (χ3n) is 6.21. The predicted molar refractivity (Wildman–Crippen MR) is 135 cm³/mol. The van der Waals surface area contributed by atoms with Gasteiger partial charge >= 0.3 is 188 Å². The van der Waals surface area contributed by atoms with Gasteiger partial charge in [-0.2, -0.15) is 0 Å². The Morgan fingerprint density at radius 1 is 0.645 bits per heavy atom. The van der Waals surface area contributed by atoms with Crippen molar-refractivity contribution in [3.05, 3.63) is 114 Å². The molecule has 0 N–H and O–H groups in total. The molecule has 0 nitrogen and oxygen atoms in total. The van der Waals surface area contributed by atoms with Crippen molar-refractivity contribution < 1.29 is 23.2 Å². The molecule has 162 valence electrons. The Balaban J connectivity index is 0.00000171. The molecular formula is C28H32Cl2Zr. The largest absolute Gasteiger partial charge is 0.147 e. The van der Waals surface area contributed by atoms with Crippen LogP contribution in [0.25, 0.3) is 0 Å². The van der Waals surface area contributed by atoms with E-state index in [9.17, 15) is 0 Å². The molecule has 2 aromatic rings. The van der Waals surface area contributed by atoms with Crippen molar-refractivity contribution in [1.82, 2.24) is 0 Å². The Hall–Kier alpha value is -1.14. The molecule has 3 heteroatoms. The molecule has 0 amide bonds. The van der Waals surface area contributed by atoms with Crippen molar-refractivity contribution in [2.24, 2.45) is 0 Å². The van der Waals surface area contributed by atoms with Gasteiger partial charge in [0.2, 0.25) is 0 Å². The molecule has 0 heterocycles. The van der Waals surface area contributed by atoms with E-state index in [-0.39, 0.29) is 24.8 Å². The van der Waals surface area contributed by atoms with E-state index in [0.717, 1.165) is 0 Å². The first kappa shape index (κ1) is 26.1. The van der Waals surface area contributed by atoms with Gasteiger partial charge in [0.25, 0.3) is 0 Å². The van der Waals surface area contributed by atoms with E-state index in [2.05, 4.69) is 98.8 Å². The molecular weight excluding hydrogens is 498 g/mol. The van der Waals surface area contributed by atoms with Crippen LogP contribution in [0.1, 0.15) is 62.5 Å². The molecule has 0 saturated heterocycles. The van der Waals surface area contributed by atoms with Gasteiger partial charge in [0.05, 0.1) is 0 Å². The van der Waals surface area contributed by atoms with E-state index >= 15 is 0 Å². The summed E-state index contributed by atoms with van der Waals surface area (Å²) in [6, 6.07) is 22.2. The van der Waals surface area contributed by atoms with Gasteiger partial charge in [0, 0.05) is 0 Å². The first-order chi connectivity index (χ1) is 14.3. The van der Waals surface area contributed by atoms with E-state index in [0.29, 0.717) is 11.8 Å². The normalized spacial score (nSPS) is 16.7. The maximum absolute atomic E-state index is 2.44. The van der Waals surface area contributed by atoms with E-state index < -0.39 is 23.2 Å². The van der Waals surface area contributed by atoms with Gasteiger partial charge in [0.15, 0.2) is 0 Å². The molecule has 2 aromatic carbocycles. The van der Waals surface area contributed by atoms with Crippen LogP contribution >= 0.6 is 24.8 Å². The minimum atomic E-state index is -0.754. The first-order valence-electron chi connectivity index (χ1n) is 11.0. The minimum Gasteiger partial charge on any atom is -0.147 e. The Morgan fingerprint density at radius 3 is 1.39 bits per heavy atom. The number of allylic oxidation sites excluding steroid dienone is 8. The summed E-state index contributed by atoms with van der Waals surface area (Å²) < 4.78 is 3.59. The maximum Gasteiger partial charge on any atom is -0.147 e.